The lowest BCUT2D eigenvalue weighted by atomic mass is 10.4. The highest BCUT2D eigenvalue weighted by molar-refractivity contribution is 6.30. The zero-order valence-electron chi connectivity index (χ0n) is 6.83. The molecule has 0 spiro atoms. The predicted molar refractivity (Wildman–Crippen MR) is 46.4 cm³/mol. The summed E-state index contributed by atoms with van der Waals surface area (Å²) in [5, 5.41) is 8.67. The van der Waals surface area contributed by atoms with E-state index in [1.807, 2.05) is 0 Å². The Bertz CT molecular complexity index is 283. The number of rotatable bonds is 4. The number of nitrogens with zero attached hydrogens (tertiary/aromatic N) is 1. The average molecular weight is 206 g/mol. The van der Waals surface area contributed by atoms with Crippen LogP contribution in [-0.4, -0.2) is 23.3 Å². The highest BCUT2D eigenvalue weighted by atomic mass is 35.5. The van der Waals surface area contributed by atoms with E-state index in [0.717, 1.165) is 6.07 Å². The van der Waals surface area contributed by atoms with Crippen LogP contribution in [0.3, 0.4) is 0 Å². The first-order chi connectivity index (χ1) is 6.24. The lowest BCUT2D eigenvalue weighted by molar-refractivity contribution is 0.223. The molecule has 3 nitrogen and oxygen atoms in total. The van der Waals surface area contributed by atoms with Gasteiger partial charge in [0.25, 0.3) is 0 Å². The van der Waals surface area contributed by atoms with Crippen molar-refractivity contribution in [3.63, 3.8) is 0 Å². The summed E-state index contributed by atoms with van der Waals surface area (Å²) in [6.45, 7) is 0.247. The average Bonchev–Trinajstić information content (AvgIpc) is 2.09. The van der Waals surface area contributed by atoms with E-state index in [0.29, 0.717) is 6.42 Å². The molecule has 1 heterocycles. The van der Waals surface area contributed by atoms with Crippen LogP contribution < -0.4 is 4.74 Å². The summed E-state index contributed by atoms with van der Waals surface area (Å²) in [6.07, 6.45) is 1.75. The van der Waals surface area contributed by atoms with Crippen molar-refractivity contribution in [1.29, 1.82) is 0 Å². The number of pyridine rings is 1. The first-order valence-corrected chi connectivity index (χ1v) is 4.16. The van der Waals surface area contributed by atoms with Gasteiger partial charge in [-0.25, -0.2) is 9.37 Å². The molecular formula is C8H9ClFNO2. The fourth-order valence-electron chi connectivity index (χ4n) is 0.742. The van der Waals surface area contributed by atoms with Crippen LogP contribution in [0.5, 0.6) is 5.88 Å². The molecule has 0 saturated heterocycles. The van der Waals surface area contributed by atoms with Gasteiger partial charge < -0.3 is 9.84 Å². The fourth-order valence-corrected chi connectivity index (χ4v) is 0.886. The van der Waals surface area contributed by atoms with Gasteiger partial charge >= 0.3 is 0 Å². The van der Waals surface area contributed by atoms with Crippen LogP contribution in [0.2, 0.25) is 5.02 Å². The summed E-state index contributed by atoms with van der Waals surface area (Å²) >= 11 is 5.48. The van der Waals surface area contributed by atoms with Gasteiger partial charge in [0.2, 0.25) is 5.88 Å². The Labute approximate surface area is 80.1 Å². The zero-order chi connectivity index (χ0) is 9.68. The van der Waals surface area contributed by atoms with Crippen LogP contribution in [0.15, 0.2) is 12.3 Å². The topological polar surface area (TPSA) is 42.4 Å². The lowest BCUT2D eigenvalue weighted by Gasteiger charge is -2.04. The van der Waals surface area contributed by atoms with Gasteiger partial charge in [-0.2, -0.15) is 0 Å². The minimum atomic E-state index is -0.592. The summed E-state index contributed by atoms with van der Waals surface area (Å²) in [4.78, 5) is 3.64. The number of aliphatic hydroxyl groups is 1. The quantitative estimate of drug-likeness (QED) is 0.760. The molecule has 72 valence electrons. The first kappa shape index (κ1) is 10.2. The highest BCUT2D eigenvalue weighted by Crippen LogP contribution is 2.17. The van der Waals surface area contributed by atoms with Crippen molar-refractivity contribution in [2.24, 2.45) is 0 Å². The van der Waals surface area contributed by atoms with Crippen molar-refractivity contribution < 1.29 is 14.2 Å². The Kier molecular flexibility index (Phi) is 3.92. The van der Waals surface area contributed by atoms with E-state index < -0.39 is 5.82 Å². The van der Waals surface area contributed by atoms with Gasteiger partial charge in [-0.05, 0) is 6.07 Å². The van der Waals surface area contributed by atoms with Crippen LogP contribution in [0, 0.1) is 5.82 Å². The van der Waals surface area contributed by atoms with Gasteiger partial charge in [0, 0.05) is 19.2 Å². The third kappa shape index (κ3) is 3.16. The molecule has 1 aromatic rings. The zero-order valence-corrected chi connectivity index (χ0v) is 7.59. The highest BCUT2D eigenvalue weighted by Gasteiger charge is 2.04. The Morgan fingerprint density at radius 2 is 2.38 bits per heavy atom. The molecule has 0 aliphatic heterocycles. The third-order valence-corrected chi connectivity index (χ3v) is 1.52. The predicted octanol–water partition coefficient (Wildman–Crippen LogP) is 1.64. The molecule has 1 N–H and O–H groups in total. The first-order valence-electron chi connectivity index (χ1n) is 3.78. The van der Waals surface area contributed by atoms with Crippen molar-refractivity contribution in [3.8, 4) is 5.88 Å². The Morgan fingerprint density at radius 1 is 1.62 bits per heavy atom. The molecular weight excluding hydrogens is 197 g/mol. The van der Waals surface area contributed by atoms with Crippen molar-refractivity contribution in [2.45, 2.75) is 6.42 Å². The Balaban J connectivity index is 2.56. The van der Waals surface area contributed by atoms with Crippen molar-refractivity contribution >= 4 is 11.6 Å². The second-order valence-corrected chi connectivity index (χ2v) is 2.80. The number of aliphatic hydroxyl groups excluding tert-OH is 1. The molecule has 0 fully saturated rings. The molecule has 0 aliphatic carbocycles. The minimum Gasteiger partial charge on any atom is -0.476 e. The van der Waals surface area contributed by atoms with Gasteiger partial charge in [0.15, 0.2) is 5.82 Å². The van der Waals surface area contributed by atoms with Crippen LogP contribution in [-0.2, 0) is 0 Å². The molecule has 1 aromatic heterocycles. The Morgan fingerprint density at radius 3 is 3.00 bits per heavy atom. The summed E-state index contributed by atoms with van der Waals surface area (Å²) in [7, 11) is 0. The van der Waals surface area contributed by atoms with E-state index in [4.69, 9.17) is 21.4 Å². The Hall–Kier alpha value is -0.870. The van der Waals surface area contributed by atoms with E-state index in [2.05, 4.69) is 4.98 Å². The van der Waals surface area contributed by atoms with Crippen LogP contribution in [0.4, 0.5) is 4.39 Å². The number of aromatic nitrogens is 1. The van der Waals surface area contributed by atoms with Crippen molar-refractivity contribution in [2.75, 3.05) is 13.2 Å². The number of hydrogen-bond acceptors (Lipinski definition) is 3. The van der Waals surface area contributed by atoms with Crippen LogP contribution in [0.1, 0.15) is 6.42 Å². The SMILES string of the molecule is OCCCOc1ncc(Cl)cc1F. The molecule has 0 bridgehead atoms. The second-order valence-electron chi connectivity index (χ2n) is 2.37. The maximum atomic E-state index is 12.9. The maximum absolute atomic E-state index is 12.9. The number of hydrogen-bond donors (Lipinski definition) is 1. The molecule has 0 amide bonds. The standard InChI is InChI=1S/C8H9ClFNO2/c9-6-4-7(10)8(11-5-6)13-3-1-2-12/h4-5,12H,1-3H2. The molecule has 0 atom stereocenters. The molecule has 0 radical (unpaired) electrons. The monoisotopic (exact) mass is 205 g/mol. The molecule has 1 rings (SSSR count). The maximum Gasteiger partial charge on any atom is 0.250 e. The van der Waals surface area contributed by atoms with E-state index in [9.17, 15) is 4.39 Å². The molecule has 13 heavy (non-hydrogen) atoms. The normalized spacial score (nSPS) is 10.1. The molecule has 0 aliphatic rings. The van der Waals surface area contributed by atoms with E-state index in [-0.39, 0.29) is 24.1 Å². The largest absolute Gasteiger partial charge is 0.476 e. The van der Waals surface area contributed by atoms with Crippen LogP contribution in [0.25, 0.3) is 0 Å². The smallest absolute Gasteiger partial charge is 0.250 e. The molecule has 0 saturated carbocycles. The van der Waals surface area contributed by atoms with Gasteiger partial charge in [0.05, 0.1) is 11.6 Å². The van der Waals surface area contributed by atoms with E-state index in [1.165, 1.54) is 6.20 Å². The van der Waals surface area contributed by atoms with Crippen molar-refractivity contribution in [3.05, 3.63) is 23.1 Å². The van der Waals surface area contributed by atoms with Gasteiger partial charge in [-0.1, -0.05) is 11.6 Å². The third-order valence-electron chi connectivity index (χ3n) is 1.32. The minimum absolute atomic E-state index is 0.00914. The molecule has 0 aromatic carbocycles. The van der Waals surface area contributed by atoms with Crippen LogP contribution >= 0.6 is 11.6 Å². The van der Waals surface area contributed by atoms with E-state index >= 15 is 0 Å². The van der Waals surface area contributed by atoms with Gasteiger partial charge in [-0.3, -0.25) is 0 Å². The van der Waals surface area contributed by atoms with Gasteiger partial charge in [-0.15, -0.1) is 0 Å². The van der Waals surface area contributed by atoms with E-state index in [1.54, 1.807) is 0 Å². The fraction of sp³-hybridized carbons (Fsp3) is 0.375. The summed E-state index contributed by atoms with van der Waals surface area (Å²) < 4.78 is 17.9. The lowest BCUT2D eigenvalue weighted by Crippen LogP contribution is -2.02. The molecule has 5 heteroatoms. The summed E-state index contributed by atoms with van der Waals surface area (Å²) in [5.41, 5.74) is 0. The molecule has 0 unspecified atom stereocenters. The van der Waals surface area contributed by atoms with Crippen molar-refractivity contribution in [1.82, 2.24) is 4.98 Å². The number of ether oxygens (including phenoxy) is 1. The summed E-state index contributed by atoms with van der Waals surface area (Å²) in [5.74, 6) is -0.678. The number of halogens is 2. The summed E-state index contributed by atoms with van der Waals surface area (Å²) in [6, 6.07) is 1.13. The van der Waals surface area contributed by atoms with Gasteiger partial charge in [0.1, 0.15) is 0 Å². The second kappa shape index (κ2) is 4.99.